The first-order valence-electron chi connectivity index (χ1n) is 4.80. The van der Waals surface area contributed by atoms with Crippen molar-refractivity contribution in [2.24, 2.45) is 0 Å². The Kier molecular flexibility index (Phi) is 1.80. The summed E-state index contributed by atoms with van der Waals surface area (Å²) in [4.78, 5) is 11.3. The normalized spacial score (nSPS) is 11.1. The third-order valence-electron chi connectivity index (χ3n) is 2.40. The van der Waals surface area contributed by atoms with E-state index in [1.165, 1.54) is 18.5 Å². The molecule has 0 amide bonds. The molecule has 0 fully saturated rings. The van der Waals surface area contributed by atoms with Crippen LogP contribution in [0.5, 0.6) is 0 Å². The van der Waals surface area contributed by atoms with Crippen LogP contribution in [0.2, 0.25) is 0 Å². The molecule has 3 aromatic rings. The number of H-pyrrole nitrogens is 1. The number of benzene rings is 1. The molecule has 0 unspecified atom stereocenters. The molecule has 0 aliphatic rings. The van der Waals surface area contributed by atoms with Gasteiger partial charge in [0.1, 0.15) is 5.82 Å². The maximum absolute atomic E-state index is 13.0. The Morgan fingerprint density at radius 1 is 1.38 bits per heavy atom. The van der Waals surface area contributed by atoms with E-state index < -0.39 is 0 Å². The van der Waals surface area contributed by atoms with Crippen LogP contribution >= 0.6 is 0 Å². The Hall–Kier alpha value is -2.17. The lowest BCUT2D eigenvalue weighted by atomic mass is 10.3. The third kappa shape index (κ3) is 1.29. The highest BCUT2D eigenvalue weighted by molar-refractivity contribution is 5.78. The number of aromatic amines is 1. The lowest BCUT2D eigenvalue weighted by Crippen LogP contribution is -1.80. The van der Waals surface area contributed by atoms with E-state index in [9.17, 15) is 4.39 Å². The van der Waals surface area contributed by atoms with Crippen molar-refractivity contribution in [2.45, 2.75) is 6.92 Å². The SMILES string of the molecule is Cc1ncoc1-c1nc2ccc(F)cc2[nH]1. The van der Waals surface area contributed by atoms with Crippen LogP contribution in [-0.4, -0.2) is 15.0 Å². The second kappa shape index (κ2) is 3.16. The number of fused-ring (bicyclic) bond motifs is 1. The molecule has 2 aromatic heterocycles. The molecule has 0 aliphatic heterocycles. The van der Waals surface area contributed by atoms with Crippen molar-refractivity contribution in [3.63, 3.8) is 0 Å². The quantitative estimate of drug-likeness (QED) is 0.681. The van der Waals surface area contributed by atoms with Gasteiger partial charge in [0.25, 0.3) is 0 Å². The number of oxazole rings is 1. The van der Waals surface area contributed by atoms with Gasteiger partial charge >= 0.3 is 0 Å². The highest BCUT2D eigenvalue weighted by Gasteiger charge is 2.11. The number of rotatable bonds is 1. The van der Waals surface area contributed by atoms with Gasteiger partial charge < -0.3 is 9.40 Å². The minimum absolute atomic E-state index is 0.294. The van der Waals surface area contributed by atoms with Crippen molar-refractivity contribution in [2.75, 3.05) is 0 Å². The number of aryl methyl sites for hydroxylation is 1. The van der Waals surface area contributed by atoms with E-state index in [0.717, 1.165) is 5.69 Å². The van der Waals surface area contributed by atoms with E-state index in [-0.39, 0.29) is 5.82 Å². The molecule has 2 heterocycles. The predicted molar refractivity (Wildman–Crippen MR) is 56.3 cm³/mol. The van der Waals surface area contributed by atoms with Crippen LogP contribution in [0.4, 0.5) is 4.39 Å². The first-order valence-corrected chi connectivity index (χ1v) is 4.80. The van der Waals surface area contributed by atoms with Crippen LogP contribution in [0.25, 0.3) is 22.6 Å². The fourth-order valence-electron chi connectivity index (χ4n) is 1.62. The average Bonchev–Trinajstić information content (AvgIpc) is 2.82. The van der Waals surface area contributed by atoms with E-state index in [1.54, 1.807) is 6.07 Å². The Bertz CT molecular complexity index is 656. The fourth-order valence-corrected chi connectivity index (χ4v) is 1.62. The summed E-state index contributed by atoms with van der Waals surface area (Å²) in [5.41, 5.74) is 2.09. The molecule has 5 heteroatoms. The van der Waals surface area contributed by atoms with Gasteiger partial charge in [-0.25, -0.2) is 14.4 Å². The lowest BCUT2D eigenvalue weighted by Gasteiger charge is -1.89. The average molecular weight is 217 g/mol. The van der Waals surface area contributed by atoms with Crippen molar-refractivity contribution < 1.29 is 8.81 Å². The first-order chi connectivity index (χ1) is 7.74. The van der Waals surface area contributed by atoms with Crippen molar-refractivity contribution in [3.8, 4) is 11.6 Å². The monoisotopic (exact) mass is 217 g/mol. The third-order valence-corrected chi connectivity index (χ3v) is 2.40. The zero-order valence-electron chi connectivity index (χ0n) is 8.49. The van der Waals surface area contributed by atoms with E-state index in [1.807, 2.05) is 6.92 Å². The Labute approximate surface area is 90.1 Å². The zero-order chi connectivity index (χ0) is 11.1. The summed E-state index contributed by atoms with van der Waals surface area (Å²) in [5, 5.41) is 0. The lowest BCUT2D eigenvalue weighted by molar-refractivity contribution is 0.567. The standard InChI is InChI=1S/C11H8FN3O/c1-6-10(16-5-13-6)11-14-8-3-2-7(12)4-9(8)15-11/h2-5H,1H3,(H,14,15). The molecule has 0 atom stereocenters. The molecule has 0 aliphatic carbocycles. The summed E-state index contributed by atoms with van der Waals surface area (Å²) in [7, 11) is 0. The molecular formula is C11H8FN3O. The highest BCUT2D eigenvalue weighted by atomic mass is 19.1. The number of hydrogen-bond acceptors (Lipinski definition) is 3. The molecule has 1 N–H and O–H groups in total. The molecule has 1 aromatic carbocycles. The van der Waals surface area contributed by atoms with Crippen LogP contribution < -0.4 is 0 Å². The molecule has 0 radical (unpaired) electrons. The van der Waals surface area contributed by atoms with Crippen LogP contribution in [0.15, 0.2) is 29.0 Å². The fraction of sp³-hybridized carbons (Fsp3) is 0.0909. The number of hydrogen-bond donors (Lipinski definition) is 1. The maximum atomic E-state index is 13.0. The molecule has 80 valence electrons. The van der Waals surface area contributed by atoms with Gasteiger partial charge in [0.05, 0.1) is 16.7 Å². The Balaban J connectivity index is 2.23. The van der Waals surface area contributed by atoms with Gasteiger partial charge in [-0.05, 0) is 25.1 Å². The van der Waals surface area contributed by atoms with E-state index in [0.29, 0.717) is 22.6 Å². The number of nitrogens with one attached hydrogen (secondary N) is 1. The molecule has 0 spiro atoms. The topological polar surface area (TPSA) is 54.7 Å². The molecule has 3 rings (SSSR count). The van der Waals surface area contributed by atoms with Gasteiger partial charge in [-0.3, -0.25) is 0 Å². The second-order valence-corrected chi connectivity index (χ2v) is 3.51. The minimum Gasteiger partial charge on any atom is -0.440 e. The van der Waals surface area contributed by atoms with Crippen LogP contribution in [0.1, 0.15) is 5.69 Å². The largest absolute Gasteiger partial charge is 0.440 e. The van der Waals surface area contributed by atoms with Gasteiger partial charge in [-0.1, -0.05) is 0 Å². The van der Waals surface area contributed by atoms with Crippen LogP contribution in [0.3, 0.4) is 0 Å². The van der Waals surface area contributed by atoms with Crippen molar-refractivity contribution in [1.29, 1.82) is 0 Å². The molecule has 4 nitrogen and oxygen atoms in total. The van der Waals surface area contributed by atoms with Gasteiger partial charge in [-0.15, -0.1) is 0 Å². The van der Waals surface area contributed by atoms with Crippen molar-refractivity contribution in [1.82, 2.24) is 15.0 Å². The second-order valence-electron chi connectivity index (χ2n) is 3.51. The van der Waals surface area contributed by atoms with Crippen LogP contribution in [-0.2, 0) is 0 Å². The number of aromatic nitrogens is 3. The van der Waals surface area contributed by atoms with Crippen molar-refractivity contribution >= 4 is 11.0 Å². The van der Waals surface area contributed by atoms with Crippen LogP contribution in [0, 0.1) is 12.7 Å². The summed E-state index contributed by atoms with van der Waals surface area (Å²) in [6, 6.07) is 4.40. The minimum atomic E-state index is -0.294. The van der Waals surface area contributed by atoms with Gasteiger partial charge in [-0.2, -0.15) is 0 Å². The summed E-state index contributed by atoms with van der Waals surface area (Å²) in [6.07, 6.45) is 1.36. The summed E-state index contributed by atoms with van der Waals surface area (Å²) in [5.74, 6) is 0.851. The molecule has 16 heavy (non-hydrogen) atoms. The molecule has 0 bridgehead atoms. The maximum Gasteiger partial charge on any atom is 0.192 e. The Morgan fingerprint density at radius 2 is 2.25 bits per heavy atom. The Morgan fingerprint density at radius 3 is 3.00 bits per heavy atom. The highest BCUT2D eigenvalue weighted by Crippen LogP contribution is 2.22. The number of halogens is 1. The van der Waals surface area contributed by atoms with Gasteiger partial charge in [0.15, 0.2) is 18.0 Å². The molecular weight excluding hydrogens is 209 g/mol. The summed E-state index contributed by atoms with van der Waals surface area (Å²) in [6.45, 7) is 1.83. The molecule has 0 saturated carbocycles. The van der Waals surface area contributed by atoms with Crippen molar-refractivity contribution in [3.05, 3.63) is 36.1 Å². The number of imidazole rings is 1. The smallest absolute Gasteiger partial charge is 0.192 e. The molecule has 0 saturated heterocycles. The number of nitrogens with zero attached hydrogens (tertiary/aromatic N) is 2. The summed E-state index contributed by atoms with van der Waals surface area (Å²) >= 11 is 0. The first kappa shape index (κ1) is 9.08. The summed E-state index contributed by atoms with van der Waals surface area (Å²) < 4.78 is 18.2. The van der Waals surface area contributed by atoms with E-state index in [4.69, 9.17) is 4.42 Å². The zero-order valence-corrected chi connectivity index (χ0v) is 8.49. The van der Waals surface area contributed by atoms with Gasteiger partial charge in [0.2, 0.25) is 0 Å². The van der Waals surface area contributed by atoms with Gasteiger partial charge in [0, 0.05) is 0 Å². The predicted octanol–water partition coefficient (Wildman–Crippen LogP) is 2.67. The van der Waals surface area contributed by atoms with E-state index >= 15 is 0 Å². The van der Waals surface area contributed by atoms with E-state index in [2.05, 4.69) is 15.0 Å².